The van der Waals surface area contributed by atoms with E-state index in [0.717, 1.165) is 29.0 Å². The molecule has 0 unspecified atom stereocenters. The van der Waals surface area contributed by atoms with Crippen LogP contribution in [0, 0.1) is 6.92 Å². The van der Waals surface area contributed by atoms with Crippen molar-refractivity contribution in [2.45, 2.75) is 25.8 Å². The Morgan fingerprint density at radius 3 is 2.88 bits per heavy atom. The number of hydrogen-bond donors (Lipinski definition) is 0. The molecule has 0 radical (unpaired) electrons. The zero-order valence-electron chi connectivity index (χ0n) is 9.14. The molecule has 0 spiro atoms. The average Bonchev–Trinajstić information content (AvgIpc) is 2.87. The van der Waals surface area contributed by atoms with E-state index >= 15 is 0 Å². The molecule has 0 saturated heterocycles. The number of furan rings is 1. The predicted octanol–water partition coefficient (Wildman–Crippen LogP) is 3.20. The largest absolute Gasteiger partial charge is 0.463 e. The van der Waals surface area contributed by atoms with Crippen molar-refractivity contribution in [1.29, 1.82) is 0 Å². The van der Waals surface area contributed by atoms with Crippen LogP contribution >= 0.6 is 0 Å². The van der Waals surface area contributed by atoms with E-state index in [1.54, 1.807) is 6.26 Å². The Bertz CT molecular complexity index is 518. The molecule has 1 saturated carbocycles. The van der Waals surface area contributed by atoms with Crippen LogP contribution in [0.15, 0.2) is 28.9 Å². The molecule has 1 aliphatic carbocycles. The van der Waals surface area contributed by atoms with Gasteiger partial charge in [-0.2, -0.15) is 0 Å². The first-order chi connectivity index (χ1) is 7.81. The summed E-state index contributed by atoms with van der Waals surface area (Å²) < 4.78 is 7.64. The Labute approximate surface area is 93.7 Å². The Morgan fingerprint density at radius 2 is 2.31 bits per heavy atom. The minimum Gasteiger partial charge on any atom is -0.463 e. The molecule has 2 aromatic rings. The van der Waals surface area contributed by atoms with E-state index in [4.69, 9.17) is 4.42 Å². The molecule has 0 bridgehead atoms. The number of aromatic nitrogens is 1. The second-order valence-corrected chi connectivity index (χ2v) is 4.27. The molecule has 0 N–H and O–H groups in total. The van der Waals surface area contributed by atoms with Gasteiger partial charge in [-0.15, -0.1) is 0 Å². The van der Waals surface area contributed by atoms with Crippen molar-refractivity contribution in [1.82, 2.24) is 4.57 Å². The zero-order chi connectivity index (χ0) is 11.1. The van der Waals surface area contributed by atoms with Gasteiger partial charge in [-0.1, -0.05) is 0 Å². The van der Waals surface area contributed by atoms with Gasteiger partial charge in [-0.3, -0.25) is 4.79 Å². The molecule has 16 heavy (non-hydrogen) atoms. The SMILES string of the molecule is Cc1c(C=O)cc(-c2ccco2)n1C1CC1. The van der Waals surface area contributed by atoms with Crippen molar-refractivity contribution >= 4 is 6.29 Å². The fraction of sp³-hybridized carbons (Fsp3) is 0.308. The molecule has 82 valence electrons. The van der Waals surface area contributed by atoms with Gasteiger partial charge in [0.05, 0.1) is 12.0 Å². The lowest BCUT2D eigenvalue weighted by atomic mass is 10.2. The van der Waals surface area contributed by atoms with E-state index in [9.17, 15) is 4.79 Å². The van der Waals surface area contributed by atoms with E-state index in [-0.39, 0.29) is 0 Å². The molecule has 3 nitrogen and oxygen atoms in total. The Hall–Kier alpha value is -1.77. The number of nitrogens with zero attached hydrogens (tertiary/aromatic N) is 1. The summed E-state index contributed by atoms with van der Waals surface area (Å²) in [5.41, 5.74) is 2.83. The molecule has 0 aromatic carbocycles. The smallest absolute Gasteiger partial charge is 0.151 e. The number of rotatable bonds is 3. The van der Waals surface area contributed by atoms with Crippen LogP contribution in [0.2, 0.25) is 0 Å². The van der Waals surface area contributed by atoms with Crippen LogP contribution in [0.3, 0.4) is 0 Å². The van der Waals surface area contributed by atoms with Gasteiger partial charge in [0.15, 0.2) is 6.29 Å². The van der Waals surface area contributed by atoms with Crippen molar-refractivity contribution in [3.63, 3.8) is 0 Å². The van der Waals surface area contributed by atoms with Crippen LogP contribution in [0.1, 0.15) is 34.9 Å². The summed E-state index contributed by atoms with van der Waals surface area (Å²) in [4.78, 5) is 11.0. The molecule has 3 rings (SSSR count). The van der Waals surface area contributed by atoms with Gasteiger partial charge in [-0.25, -0.2) is 0 Å². The first kappa shape index (κ1) is 9.46. The molecule has 0 aliphatic heterocycles. The third kappa shape index (κ3) is 1.32. The summed E-state index contributed by atoms with van der Waals surface area (Å²) in [6, 6.07) is 6.27. The second-order valence-electron chi connectivity index (χ2n) is 4.27. The monoisotopic (exact) mass is 215 g/mol. The average molecular weight is 215 g/mol. The van der Waals surface area contributed by atoms with Gasteiger partial charge in [0.1, 0.15) is 5.76 Å². The summed E-state index contributed by atoms with van der Waals surface area (Å²) >= 11 is 0. The highest BCUT2D eigenvalue weighted by atomic mass is 16.3. The summed E-state index contributed by atoms with van der Waals surface area (Å²) in [6.07, 6.45) is 4.97. The second kappa shape index (κ2) is 3.37. The lowest BCUT2D eigenvalue weighted by Gasteiger charge is -2.08. The third-order valence-corrected chi connectivity index (χ3v) is 3.14. The lowest BCUT2D eigenvalue weighted by molar-refractivity contribution is 0.112. The molecule has 0 amide bonds. The molecule has 3 heteroatoms. The first-order valence-electron chi connectivity index (χ1n) is 5.52. The summed E-state index contributed by atoms with van der Waals surface area (Å²) in [5.74, 6) is 0.836. The molecular formula is C13H13NO2. The van der Waals surface area contributed by atoms with Gasteiger partial charge in [0.2, 0.25) is 0 Å². The van der Waals surface area contributed by atoms with E-state index in [2.05, 4.69) is 4.57 Å². The standard InChI is InChI=1S/C13H13NO2/c1-9-10(8-15)7-12(13-3-2-6-16-13)14(9)11-4-5-11/h2-3,6-8,11H,4-5H2,1H3. The fourth-order valence-electron chi connectivity index (χ4n) is 2.18. The summed E-state index contributed by atoms with van der Waals surface area (Å²) in [7, 11) is 0. The van der Waals surface area contributed by atoms with Gasteiger partial charge in [0.25, 0.3) is 0 Å². The van der Waals surface area contributed by atoms with Gasteiger partial charge in [0, 0.05) is 17.3 Å². The highest BCUT2D eigenvalue weighted by molar-refractivity contribution is 5.80. The number of carbonyl (C=O) groups is 1. The highest BCUT2D eigenvalue weighted by Crippen LogP contribution is 2.41. The van der Waals surface area contributed by atoms with Crippen LogP contribution in [0.25, 0.3) is 11.5 Å². The van der Waals surface area contributed by atoms with Crippen molar-refractivity contribution in [3.05, 3.63) is 35.7 Å². The van der Waals surface area contributed by atoms with E-state index in [0.29, 0.717) is 6.04 Å². The Kier molecular flexibility index (Phi) is 1.99. The van der Waals surface area contributed by atoms with Crippen LogP contribution < -0.4 is 0 Å². The van der Waals surface area contributed by atoms with Crippen molar-refractivity contribution in [3.8, 4) is 11.5 Å². The van der Waals surface area contributed by atoms with Gasteiger partial charge < -0.3 is 8.98 Å². The quantitative estimate of drug-likeness (QED) is 0.737. The molecule has 0 atom stereocenters. The summed E-state index contributed by atoms with van der Waals surface area (Å²) in [6.45, 7) is 1.99. The fourth-order valence-corrected chi connectivity index (χ4v) is 2.18. The molecular weight excluding hydrogens is 202 g/mol. The van der Waals surface area contributed by atoms with E-state index < -0.39 is 0 Å². The van der Waals surface area contributed by atoms with Crippen LogP contribution in [0.5, 0.6) is 0 Å². The van der Waals surface area contributed by atoms with E-state index in [1.807, 2.05) is 25.1 Å². The molecule has 1 fully saturated rings. The minimum atomic E-state index is 0.550. The van der Waals surface area contributed by atoms with E-state index in [1.165, 1.54) is 12.8 Å². The number of carbonyl (C=O) groups excluding carboxylic acids is 1. The first-order valence-corrected chi connectivity index (χ1v) is 5.52. The molecule has 2 heterocycles. The Morgan fingerprint density at radius 1 is 1.50 bits per heavy atom. The number of hydrogen-bond acceptors (Lipinski definition) is 2. The maximum Gasteiger partial charge on any atom is 0.151 e. The maximum atomic E-state index is 11.0. The Balaban J connectivity index is 2.19. The van der Waals surface area contributed by atoms with Crippen LogP contribution in [-0.2, 0) is 0 Å². The van der Waals surface area contributed by atoms with Gasteiger partial charge in [-0.05, 0) is 38.0 Å². The predicted molar refractivity (Wildman–Crippen MR) is 60.5 cm³/mol. The normalized spacial score (nSPS) is 15.3. The lowest BCUT2D eigenvalue weighted by Crippen LogP contribution is -1.99. The topological polar surface area (TPSA) is 35.1 Å². The van der Waals surface area contributed by atoms with Crippen LogP contribution in [-0.4, -0.2) is 10.9 Å². The van der Waals surface area contributed by atoms with Crippen molar-refractivity contribution in [2.24, 2.45) is 0 Å². The molecule has 2 aromatic heterocycles. The van der Waals surface area contributed by atoms with Crippen LogP contribution in [0.4, 0.5) is 0 Å². The highest BCUT2D eigenvalue weighted by Gasteiger charge is 2.29. The third-order valence-electron chi connectivity index (χ3n) is 3.14. The maximum absolute atomic E-state index is 11.0. The van der Waals surface area contributed by atoms with Crippen molar-refractivity contribution in [2.75, 3.05) is 0 Å². The van der Waals surface area contributed by atoms with Gasteiger partial charge >= 0.3 is 0 Å². The zero-order valence-corrected chi connectivity index (χ0v) is 9.14. The van der Waals surface area contributed by atoms with Crippen molar-refractivity contribution < 1.29 is 9.21 Å². The molecule has 1 aliphatic rings. The summed E-state index contributed by atoms with van der Waals surface area (Å²) in [5, 5.41) is 0. The number of aldehydes is 1. The minimum absolute atomic E-state index is 0.550.